The molecule has 0 aliphatic heterocycles. The number of ether oxygens (including phenoxy) is 1. The van der Waals surface area contributed by atoms with Crippen molar-refractivity contribution in [2.45, 2.75) is 13.5 Å². The molecule has 0 amide bonds. The van der Waals surface area contributed by atoms with Crippen molar-refractivity contribution in [3.05, 3.63) is 21.9 Å². The number of anilines is 2. The van der Waals surface area contributed by atoms with E-state index in [0.717, 1.165) is 0 Å². The van der Waals surface area contributed by atoms with Crippen molar-refractivity contribution < 1.29 is 9.53 Å². The number of aromatic nitrogens is 4. The number of nitrogens with two attached hydrogens (primary N) is 1. The number of thiazole rings is 1. The van der Waals surface area contributed by atoms with Crippen LogP contribution in [0.25, 0.3) is 0 Å². The van der Waals surface area contributed by atoms with E-state index < -0.39 is 5.97 Å². The molecule has 0 atom stereocenters. The van der Waals surface area contributed by atoms with Gasteiger partial charge in [0, 0.05) is 14.1 Å². The number of carbonyl (C=O) groups is 1. The smallest absolute Gasteiger partial charge is 0.350 e. The maximum atomic E-state index is 11.8. The quantitative estimate of drug-likeness (QED) is 0.819. The van der Waals surface area contributed by atoms with Crippen LogP contribution in [0.1, 0.15) is 21.2 Å². The lowest BCUT2D eigenvalue weighted by Crippen LogP contribution is -2.17. The topological polar surface area (TPSA) is 107 Å². The van der Waals surface area contributed by atoms with Crippen molar-refractivity contribution in [3.8, 4) is 0 Å². The average molecular weight is 294 g/mol. The van der Waals surface area contributed by atoms with Crippen molar-refractivity contribution in [1.29, 1.82) is 0 Å². The lowest BCUT2D eigenvalue weighted by atomic mass is 10.4. The normalized spacial score (nSPS) is 10.3. The second-order valence-electron chi connectivity index (χ2n) is 4.15. The van der Waals surface area contributed by atoms with Crippen LogP contribution in [-0.4, -0.2) is 40.0 Å². The highest BCUT2D eigenvalue weighted by atomic mass is 32.1. The number of rotatable bonds is 4. The van der Waals surface area contributed by atoms with E-state index >= 15 is 0 Å². The lowest BCUT2D eigenvalue weighted by Gasteiger charge is -2.11. The number of nitrogen functional groups attached to an aromatic ring is 1. The summed E-state index contributed by atoms with van der Waals surface area (Å²) in [6.07, 6.45) is 0. The number of hydrogen-bond donors (Lipinski definition) is 1. The molecule has 0 unspecified atom stereocenters. The summed E-state index contributed by atoms with van der Waals surface area (Å²) in [5.74, 6) is 0.355. The second kappa shape index (κ2) is 5.78. The van der Waals surface area contributed by atoms with Gasteiger partial charge in [0.2, 0.25) is 11.9 Å². The molecular formula is C11H14N6O2S. The van der Waals surface area contributed by atoms with Gasteiger partial charge in [-0.05, 0) is 6.92 Å². The van der Waals surface area contributed by atoms with Crippen LogP contribution in [-0.2, 0) is 11.3 Å². The molecule has 0 aliphatic rings. The monoisotopic (exact) mass is 294 g/mol. The van der Waals surface area contributed by atoms with Crippen LogP contribution < -0.4 is 10.6 Å². The molecule has 0 radical (unpaired) electrons. The van der Waals surface area contributed by atoms with Crippen molar-refractivity contribution in [3.63, 3.8) is 0 Å². The number of hydrogen-bond acceptors (Lipinski definition) is 9. The van der Waals surface area contributed by atoms with Crippen molar-refractivity contribution >= 4 is 29.2 Å². The summed E-state index contributed by atoms with van der Waals surface area (Å²) in [4.78, 5) is 30.0. The molecule has 2 N–H and O–H groups in total. The fourth-order valence-corrected chi connectivity index (χ4v) is 2.08. The minimum absolute atomic E-state index is 0.0657. The van der Waals surface area contributed by atoms with Gasteiger partial charge in [-0.2, -0.15) is 15.0 Å². The molecule has 0 aromatic carbocycles. The molecule has 8 nitrogen and oxygen atoms in total. The Morgan fingerprint density at radius 2 is 2.15 bits per heavy atom. The number of aryl methyl sites for hydroxylation is 1. The zero-order valence-corrected chi connectivity index (χ0v) is 12.1. The minimum atomic E-state index is -0.449. The fraction of sp³-hybridized carbons (Fsp3) is 0.364. The zero-order chi connectivity index (χ0) is 14.7. The Morgan fingerprint density at radius 3 is 2.75 bits per heavy atom. The third-order valence-electron chi connectivity index (χ3n) is 2.35. The van der Waals surface area contributed by atoms with E-state index in [9.17, 15) is 4.79 Å². The Hall–Kier alpha value is -2.29. The van der Waals surface area contributed by atoms with E-state index in [1.165, 1.54) is 11.3 Å². The van der Waals surface area contributed by atoms with Gasteiger partial charge >= 0.3 is 5.97 Å². The highest BCUT2D eigenvalue weighted by Crippen LogP contribution is 2.14. The first-order chi connectivity index (χ1) is 9.47. The van der Waals surface area contributed by atoms with Crippen molar-refractivity contribution in [1.82, 2.24) is 19.9 Å². The van der Waals surface area contributed by atoms with Gasteiger partial charge in [0.1, 0.15) is 4.88 Å². The zero-order valence-electron chi connectivity index (χ0n) is 11.3. The van der Waals surface area contributed by atoms with Gasteiger partial charge in [-0.25, -0.2) is 9.78 Å². The first-order valence-electron chi connectivity index (χ1n) is 5.72. The SMILES string of the molecule is Cc1ncsc1C(=O)OCc1nc(N)nc(N(C)C)n1. The number of nitrogens with zero attached hydrogens (tertiary/aromatic N) is 5. The standard InChI is InChI=1S/C11H14N6O2S/c1-6-8(20-5-13-6)9(18)19-4-7-14-10(12)16-11(15-7)17(2)3/h5H,4H2,1-3H3,(H2,12,14,15,16). The molecule has 20 heavy (non-hydrogen) atoms. The van der Waals surface area contributed by atoms with Crippen LogP contribution >= 0.6 is 11.3 Å². The molecule has 0 saturated carbocycles. The van der Waals surface area contributed by atoms with E-state index in [-0.39, 0.29) is 12.6 Å². The Balaban J connectivity index is 2.08. The molecule has 2 heterocycles. The highest BCUT2D eigenvalue weighted by Gasteiger charge is 2.14. The summed E-state index contributed by atoms with van der Waals surface area (Å²) in [6.45, 7) is 1.68. The largest absolute Gasteiger partial charge is 0.453 e. The van der Waals surface area contributed by atoms with E-state index in [0.29, 0.717) is 22.3 Å². The lowest BCUT2D eigenvalue weighted by molar-refractivity contribution is 0.0467. The first kappa shape index (κ1) is 14.1. The Kier molecular flexibility index (Phi) is 4.08. The summed E-state index contributed by atoms with van der Waals surface area (Å²) in [6, 6.07) is 0. The maximum absolute atomic E-state index is 11.8. The molecule has 0 aliphatic carbocycles. The summed E-state index contributed by atoms with van der Waals surface area (Å²) in [7, 11) is 3.57. The molecular weight excluding hydrogens is 280 g/mol. The summed E-state index contributed by atoms with van der Waals surface area (Å²) >= 11 is 1.23. The number of esters is 1. The molecule has 0 fully saturated rings. The molecule has 2 aromatic rings. The average Bonchev–Trinajstić information content (AvgIpc) is 2.81. The number of carbonyl (C=O) groups excluding carboxylic acids is 1. The van der Waals surface area contributed by atoms with Crippen LogP contribution in [0.2, 0.25) is 0 Å². The van der Waals surface area contributed by atoms with Gasteiger partial charge in [0.25, 0.3) is 0 Å². The van der Waals surface area contributed by atoms with Crippen LogP contribution in [0.5, 0.6) is 0 Å². The molecule has 2 aromatic heterocycles. The van der Waals surface area contributed by atoms with Crippen LogP contribution in [0.4, 0.5) is 11.9 Å². The summed E-state index contributed by atoms with van der Waals surface area (Å²) < 4.78 is 5.15. The Labute approximate surface area is 119 Å². The van der Waals surface area contributed by atoms with Crippen LogP contribution in [0.15, 0.2) is 5.51 Å². The van der Waals surface area contributed by atoms with Gasteiger partial charge in [-0.15, -0.1) is 11.3 Å². The van der Waals surface area contributed by atoms with Gasteiger partial charge < -0.3 is 15.4 Å². The van der Waals surface area contributed by atoms with Gasteiger partial charge in [0.15, 0.2) is 12.4 Å². The third kappa shape index (κ3) is 3.18. The van der Waals surface area contributed by atoms with Crippen molar-refractivity contribution in [2.24, 2.45) is 0 Å². The molecule has 106 valence electrons. The summed E-state index contributed by atoms with van der Waals surface area (Å²) in [5.41, 5.74) is 7.82. The van der Waals surface area contributed by atoms with E-state index in [1.807, 2.05) is 0 Å². The predicted molar refractivity (Wildman–Crippen MR) is 74.5 cm³/mol. The van der Waals surface area contributed by atoms with E-state index in [1.54, 1.807) is 31.4 Å². The van der Waals surface area contributed by atoms with E-state index in [4.69, 9.17) is 10.5 Å². The molecule has 0 bridgehead atoms. The highest BCUT2D eigenvalue weighted by molar-refractivity contribution is 7.11. The van der Waals surface area contributed by atoms with Crippen molar-refractivity contribution in [2.75, 3.05) is 24.7 Å². The fourth-order valence-electron chi connectivity index (χ4n) is 1.38. The molecule has 0 saturated heterocycles. The molecule has 9 heteroatoms. The Morgan fingerprint density at radius 1 is 1.40 bits per heavy atom. The van der Waals surface area contributed by atoms with Gasteiger partial charge in [0.05, 0.1) is 11.2 Å². The van der Waals surface area contributed by atoms with Gasteiger partial charge in [-0.1, -0.05) is 0 Å². The first-order valence-corrected chi connectivity index (χ1v) is 6.60. The Bertz CT molecular complexity index is 627. The van der Waals surface area contributed by atoms with Crippen LogP contribution in [0, 0.1) is 6.92 Å². The minimum Gasteiger partial charge on any atom is -0.453 e. The van der Waals surface area contributed by atoms with E-state index in [2.05, 4.69) is 19.9 Å². The van der Waals surface area contributed by atoms with Crippen LogP contribution in [0.3, 0.4) is 0 Å². The van der Waals surface area contributed by atoms with Gasteiger partial charge in [-0.3, -0.25) is 0 Å². The summed E-state index contributed by atoms with van der Waals surface area (Å²) in [5, 5.41) is 0. The third-order valence-corrected chi connectivity index (χ3v) is 3.26. The molecule has 2 rings (SSSR count). The maximum Gasteiger partial charge on any atom is 0.350 e. The second-order valence-corrected chi connectivity index (χ2v) is 5.00. The predicted octanol–water partition coefficient (Wildman–Crippen LogP) is 0.642. The molecule has 0 spiro atoms.